The Morgan fingerprint density at radius 3 is 2.54 bits per heavy atom. The summed E-state index contributed by atoms with van der Waals surface area (Å²) >= 11 is 0. The number of aromatic nitrogens is 1. The second-order valence-electron chi connectivity index (χ2n) is 5.45. The van der Waals surface area contributed by atoms with Gasteiger partial charge in [-0.1, -0.05) is 24.3 Å². The fourth-order valence-electron chi connectivity index (χ4n) is 2.63. The molecule has 0 bridgehead atoms. The first-order chi connectivity index (χ1) is 12.5. The zero-order valence-electron chi connectivity index (χ0n) is 13.7. The molecule has 0 aliphatic rings. The van der Waals surface area contributed by atoms with Crippen LogP contribution in [0.4, 0.5) is 5.69 Å². The summed E-state index contributed by atoms with van der Waals surface area (Å²) in [5.74, 6) is 0.615. The summed E-state index contributed by atoms with van der Waals surface area (Å²) in [5, 5.41) is 20.4. The van der Waals surface area contributed by atoms with Gasteiger partial charge in [-0.3, -0.25) is 14.9 Å². The maximum absolute atomic E-state index is 12.4. The number of pyridine rings is 1. The summed E-state index contributed by atoms with van der Waals surface area (Å²) in [6.07, 6.45) is 0. The van der Waals surface area contributed by atoms with Crippen LogP contribution in [0.1, 0.15) is 5.56 Å². The first kappa shape index (κ1) is 16.9. The van der Waals surface area contributed by atoms with Gasteiger partial charge in [-0.25, -0.2) is 0 Å². The predicted octanol–water partition coefficient (Wildman–Crippen LogP) is 3.50. The molecule has 0 spiro atoms. The first-order valence-corrected chi connectivity index (χ1v) is 7.60. The van der Waals surface area contributed by atoms with E-state index in [0.717, 1.165) is 0 Å². The fourth-order valence-corrected chi connectivity index (χ4v) is 2.63. The largest absolute Gasteiger partial charge is 0.497 e. The number of non-ortho nitro benzene ring substituents is 1. The highest BCUT2D eigenvalue weighted by atomic mass is 16.6. The van der Waals surface area contributed by atoms with Gasteiger partial charge in [0.1, 0.15) is 17.4 Å². The number of aromatic amines is 1. The number of hydrogen-bond acceptors (Lipinski definition) is 5. The van der Waals surface area contributed by atoms with E-state index in [1.54, 1.807) is 36.4 Å². The van der Waals surface area contributed by atoms with Crippen molar-refractivity contribution >= 4 is 5.69 Å². The number of nitriles is 1. The third kappa shape index (κ3) is 3.16. The molecule has 0 unspecified atom stereocenters. The molecule has 128 valence electrons. The Hall–Kier alpha value is -3.92. The zero-order valence-corrected chi connectivity index (χ0v) is 13.7. The second-order valence-corrected chi connectivity index (χ2v) is 5.45. The van der Waals surface area contributed by atoms with Crippen molar-refractivity contribution in [2.45, 2.75) is 0 Å². The van der Waals surface area contributed by atoms with E-state index in [1.807, 2.05) is 6.07 Å². The van der Waals surface area contributed by atoms with E-state index in [4.69, 9.17) is 4.74 Å². The van der Waals surface area contributed by atoms with E-state index in [-0.39, 0.29) is 11.3 Å². The highest BCUT2D eigenvalue weighted by Crippen LogP contribution is 2.29. The summed E-state index contributed by atoms with van der Waals surface area (Å²) in [5.41, 5.74) is 1.15. The number of nitrogens with one attached hydrogen (secondary N) is 1. The monoisotopic (exact) mass is 347 g/mol. The molecule has 1 N–H and O–H groups in total. The SMILES string of the molecule is COc1cccc(-c2cc(-c3cccc([N+](=O)[O-])c3)c(C#N)c(=O)[nH]2)c1. The topological polar surface area (TPSA) is 109 Å². The van der Waals surface area contributed by atoms with Gasteiger partial charge in [0.25, 0.3) is 11.2 Å². The zero-order chi connectivity index (χ0) is 18.7. The molecule has 26 heavy (non-hydrogen) atoms. The van der Waals surface area contributed by atoms with Crippen LogP contribution in [0.3, 0.4) is 0 Å². The number of methoxy groups -OCH3 is 1. The Morgan fingerprint density at radius 1 is 1.12 bits per heavy atom. The molecule has 0 aliphatic carbocycles. The van der Waals surface area contributed by atoms with Crippen LogP contribution in [0.15, 0.2) is 59.4 Å². The molecule has 1 heterocycles. The van der Waals surface area contributed by atoms with Crippen molar-refractivity contribution in [3.05, 3.63) is 80.6 Å². The molecular formula is C19H13N3O4. The van der Waals surface area contributed by atoms with Crippen molar-refractivity contribution in [3.8, 4) is 34.2 Å². The molecule has 0 fully saturated rings. The van der Waals surface area contributed by atoms with Crippen LogP contribution in [0.2, 0.25) is 0 Å². The standard InChI is InChI=1S/C19H13N3O4/c1-26-15-7-3-5-13(9-15)18-10-16(17(11-20)19(23)21-18)12-4-2-6-14(8-12)22(24)25/h2-10H,1H3,(H,21,23). The summed E-state index contributed by atoms with van der Waals surface area (Å²) in [6, 6.07) is 16.4. The normalized spacial score (nSPS) is 10.2. The van der Waals surface area contributed by atoms with Crippen molar-refractivity contribution < 1.29 is 9.66 Å². The summed E-state index contributed by atoms with van der Waals surface area (Å²) in [7, 11) is 1.54. The fraction of sp³-hybridized carbons (Fsp3) is 0.0526. The number of hydrogen-bond donors (Lipinski definition) is 1. The maximum atomic E-state index is 12.4. The Labute approximate surface area is 148 Å². The number of nitro benzene ring substituents is 1. The molecule has 0 saturated carbocycles. The van der Waals surface area contributed by atoms with Gasteiger partial charge < -0.3 is 9.72 Å². The van der Waals surface area contributed by atoms with Gasteiger partial charge in [0.05, 0.1) is 12.0 Å². The highest BCUT2D eigenvalue weighted by Gasteiger charge is 2.15. The Bertz CT molecular complexity index is 1100. The van der Waals surface area contributed by atoms with Crippen molar-refractivity contribution in [1.82, 2.24) is 4.98 Å². The van der Waals surface area contributed by atoms with Crippen LogP contribution in [-0.2, 0) is 0 Å². The average molecular weight is 347 g/mol. The second kappa shape index (κ2) is 6.91. The van der Waals surface area contributed by atoms with Crippen LogP contribution < -0.4 is 10.3 Å². The molecule has 0 atom stereocenters. The number of benzene rings is 2. The molecule has 2 aromatic carbocycles. The number of rotatable bonds is 4. The summed E-state index contributed by atoms with van der Waals surface area (Å²) < 4.78 is 5.19. The molecule has 3 aromatic rings. The third-order valence-corrected chi connectivity index (χ3v) is 3.89. The average Bonchev–Trinajstić information content (AvgIpc) is 2.67. The quantitative estimate of drug-likeness (QED) is 0.574. The van der Waals surface area contributed by atoms with Gasteiger partial charge in [-0.05, 0) is 23.8 Å². The maximum Gasteiger partial charge on any atom is 0.270 e. The van der Waals surface area contributed by atoms with E-state index in [0.29, 0.717) is 28.1 Å². The Kier molecular flexibility index (Phi) is 4.50. The van der Waals surface area contributed by atoms with Crippen LogP contribution in [0.25, 0.3) is 22.4 Å². The molecular weight excluding hydrogens is 334 g/mol. The molecule has 0 radical (unpaired) electrons. The number of H-pyrrole nitrogens is 1. The molecule has 0 saturated heterocycles. The van der Waals surface area contributed by atoms with Gasteiger partial charge in [-0.15, -0.1) is 0 Å². The van der Waals surface area contributed by atoms with Gasteiger partial charge in [0.15, 0.2) is 0 Å². The lowest BCUT2D eigenvalue weighted by Crippen LogP contribution is -2.12. The van der Waals surface area contributed by atoms with Gasteiger partial charge in [-0.2, -0.15) is 5.26 Å². The summed E-state index contributed by atoms with van der Waals surface area (Å²) in [6.45, 7) is 0. The van der Waals surface area contributed by atoms with Crippen LogP contribution in [0, 0.1) is 21.4 Å². The van der Waals surface area contributed by atoms with Gasteiger partial charge >= 0.3 is 0 Å². The van der Waals surface area contributed by atoms with Gasteiger partial charge in [0, 0.05) is 29.0 Å². The lowest BCUT2D eigenvalue weighted by molar-refractivity contribution is -0.384. The Morgan fingerprint density at radius 2 is 1.85 bits per heavy atom. The summed E-state index contributed by atoms with van der Waals surface area (Å²) in [4.78, 5) is 25.5. The van der Waals surface area contributed by atoms with E-state index >= 15 is 0 Å². The minimum atomic E-state index is -0.561. The van der Waals surface area contributed by atoms with Crippen LogP contribution >= 0.6 is 0 Å². The van der Waals surface area contributed by atoms with Crippen LogP contribution in [-0.4, -0.2) is 17.0 Å². The van der Waals surface area contributed by atoms with Crippen molar-refractivity contribution in [3.63, 3.8) is 0 Å². The Balaban J connectivity index is 2.23. The van der Waals surface area contributed by atoms with Crippen molar-refractivity contribution in [2.75, 3.05) is 7.11 Å². The molecule has 0 amide bonds. The molecule has 1 aromatic heterocycles. The third-order valence-electron chi connectivity index (χ3n) is 3.89. The van der Waals surface area contributed by atoms with Gasteiger partial charge in [0.2, 0.25) is 0 Å². The molecule has 0 aliphatic heterocycles. The predicted molar refractivity (Wildman–Crippen MR) is 95.9 cm³/mol. The molecule has 7 heteroatoms. The van der Waals surface area contributed by atoms with E-state index in [9.17, 15) is 20.2 Å². The molecule has 7 nitrogen and oxygen atoms in total. The van der Waals surface area contributed by atoms with Crippen LogP contribution in [0.5, 0.6) is 5.75 Å². The number of ether oxygens (including phenoxy) is 1. The highest BCUT2D eigenvalue weighted by molar-refractivity contribution is 5.76. The lowest BCUT2D eigenvalue weighted by Gasteiger charge is -2.09. The van der Waals surface area contributed by atoms with Crippen molar-refractivity contribution in [2.24, 2.45) is 0 Å². The lowest BCUT2D eigenvalue weighted by atomic mass is 9.98. The van der Waals surface area contributed by atoms with E-state index in [1.165, 1.54) is 25.3 Å². The minimum Gasteiger partial charge on any atom is -0.497 e. The number of nitro groups is 1. The van der Waals surface area contributed by atoms with E-state index in [2.05, 4.69) is 4.98 Å². The van der Waals surface area contributed by atoms with Crippen molar-refractivity contribution in [1.29, 1.82) is 5.26 Å². The minimum absolute atomic E-state index is 0.0999. The molecule has 3 rings (SSSR count). The smallest absolute Gasteiger partial charge is 0.270 e. The first-order valence-electron chi connectivity index (χ1n) is 7.60. The number of nitrogens with zero attached hydrogens (tertiary/aromatic N) is 2. The van der Waals surface area contributed by atoms with E-state index < -0.39 is 10.5 Å².